The van der Waals surface area contributed by atoms with E-state index in [1.165, 1.54) is 19.2 Å². The molecule has 0 atom stereocenters. The minimum Gasteiger partial charge on any atom is -0.385 e. The number of hydrogen-bond donors (Lipinski definition) is 2. The molecule has 5 heteroatoms. The lowest BCUT2D eigenvalue weighted by Crippen LogP contribution is -2.19. The molecule has 1 aliphatic rings. The van der Waals surface area contributed by atoms with Crippen LogP contribution in [0.3, 0.4) is 0 Å². The Morgan fingerprint density at radius 3 is 2.83 bits per heavy atom. The van der Waals surface area contributed by atoms with Gasteiger partial charge in [0.1, 0.15) is 18.0 Å². The first-order valence-electron chi connectivity index (χ1n) is 6.53. The quantitative estimate of drug-likeness (QED) is 0.772. The van der Waals surface area contributed by atoms with Crippen molar-refractivity contribution < 1.29 is 4.74 Å². The van der Waals surface area contributed by atoms with Gasteiger partial charge in [-0.15, -0.1) is 0 Å². The molecule has 3 N–H and O–H groups in total. The van der Waals surface area contributed by atoms with Crippen LogP contribution in [-0.4, -0.2) is 30.2 Å². The first kappa shape index (κ1) is 13.1. The number of rotatable bonds is 7. The predicted octanol–water partition coefficient (Wildman–Crippen LogP) is 1.85. The number of nitrogen functional groups attached to an aromatic ring is 1. The molecule has 0 aromatic carbocycles. The summed E-state index contributed by atoms with van der Waals surface area (Å²) in [5, 5.41) is 3.43. The van der Waals surface area contributed by atoms with Crippen molar-refractivity contribution in [3.63, 3.8) is 0 Å². The van der Waals surface area contributed by atoms with Gasteiger partial charge in [-0.2, -0.15) is 0 Å². The minimum absolute atomic E-state index is 0.404. The highest BCUT2D eigenvalue weighted by Gasteiger charge is 2.41. The zero-order chi connectivity index (χ0) is 13.0. The Balaban J connectivity index is 1.96. The number of nitrogens with two attached hydrogens (primary N) is 1. The third kappa shape index (κ3) is 2.90. The highest BCUT2D eigenvalue weighted by Crippen LogP contribution is 2.48. The summed E-state index contributed by atoms with van der Waals surface area (Å²) in [5.74, 6) is 1.46. The summed E-state index contributed by atoms with van der Waals surface area (Å²) in [7, 11) is 1.75. The van der Waals surface area contributed by atoms with Gasteiger partial charge in [0.2, 0.25) is 0 Å². The van der Waals surface area contributed by atoms with Crippen molar-refractivity contribution in [1.82, 2.24) is 9.97 Å². The van der Waals surface area contributed by atoms with E-state index in [9.17, 15) is 0 Å². The average molecular weight is 250 g/mol. The van der Waals surface area contributed by atoms with Crippen molar-refractivity contribution in [2.24, 2.45) is 5.41 Å². The summed E-state index contributed by atoms with van der Waals surface area (Å²) < 4.78 is 5.16. The lowest BCUT2D eigenvalue weighted by Gasteiger charge is -2.17. The van der Waals surface area contributed by atoms with Crippen LogP contribution in [0.25, 0.3) is 0 Å². The van der Waals surface area contributed by atoms with E-state index < -0.39 is 0 Å². The van der Waals surface area contributed by atoms with Gasteiger partial charge in [-0.3, -0.25) is 0 Å². The van der Waals surface area contributed by atoms with E-state index in [0.29, 0.717) is 11.2 Å². The number of nitrogens with zero attached hydrogens (tertiary/aromatic N) is 2. The summed E-state index contributed by atoms with van der Waals surface area (Å²) in [6.45, 7) is 3.84. The molecule has 0 spiro atoms. The van der Waals surface area contributed by atoms with Gasteiger partial charge in [-0.1, -0.05) is 6.92 Å². The molecular formula is C13H22N4O. The smallest absolute Gasteiger partial charge is 0.134 e. The summed E-state index contributed by atoms with van der Waals surface area (Å²) in [4.78, 5) is 8.31. The van der Waals surface area contributed by atoms with Crippen LogP contribution in [-0.2, 0) is 11.2 Å². The summed E-state index contributed by atoms with van der Waals surface area (Å²) in [5.41, 5.74) is 7.27. The maximum atomic E-state index is 5.86. The highest BCUT2D eigenvalue weighted by atomic mass is 16.5. The zero-order valence-electron chi connectivity index (χ0n) is 11.2. The fraction of sp³-hybridized carbons (Fsp3) is 0.692. The van der Waals surface area contributed by atoms with E-state index in [0.717, 1.165) is 37.4 Å². The second-order valence-corrected chi connectivity index (χ2v) is 5.04. The predicted molar refractivity (Wildman–Crippen MR) is 72.5 cm³/mol. The molecule has 0 saturated heterocycles. The molecule has 1 fully saturated rings. The molecule has 0 bridgehead atoms. The summed E-state index contributed by atoms with van der Waals surface area (Å²) in [6, 6.07) is 0. The molecule has 1 heterocycles. The monoisotopic (exact) mass is 250 g/mol. The van der Waals surface area contributed by atoms with Gasteiger partial charge < -0.3 is 15.8 Å². The van der Waals surface area contributed by atoms with E-state index in [4.69, 9.17) is 10.5 Å². The van der Waals surface area contributed by atoms with Crippen molar-refractivity contribution in [3.05, 3.63) is 11.9 Å². The van der Waals surface area contributed by atoms with E-state index >= 15 is 0 Å². The maximum absolute atomic E-state index is 5.86. The molecule has 0 unspecified atom stereocenters. The SMILES string of the molecule is CCc1c(N)ncnc1NCC1(CCOC)CC1. The standard InChI is InChI=1S/C13H22N4O/c1-3-10-11(14)16-9-17-12(10)15-8-13(4-5-13)6-7-18-2/h9H,3-8H2,1-2H3,(H3,14,15,16,17). The van der Waals surface area contributed by atoms with Crippen LogP contribution in [0.1, 0.15) is 31.7 Å². The zero-order valence-corrected chi connectivity index (χ0v) is 11.2. The Kier molecular flexibility index (Phi) is 4.01. The van der Waals surface area contributed by atoms with Crippen molar-refractivity contribution in [2.45, 2.75) is 32.6 Å². The third-order valence-corrected chi connectivity index (χ3v) is 3.76. The van der Waals surface area contributed by atoms with E-state index in [1.54, 1.807) is 7.11 Å². The van der Waals surface area contributed by atoms with Crippen LogP contribution in [0.5, 0.6) is 0 Å². The first-order valence-corrected chi connectivity index (χ1v) is 6.53. The van der Waals surface area contributed by atoms with Crippen LogP contribution in [0.2, 0.25) is 0 Å². The van der Waals surface area contributed by atoms with Gasteiger partial charge in [-0.25, -0.2) is 9.97 Å². The summed E-state index contributed by atoms with van der Waals surface area (Å²) in [6.07, 6.45) is 6.01. The molecule has 1 saturated carbocycles. The lowest BCUT2D eigenvalue weighted by atomic mass is 10.0. The Morgan fingerprint density at radius 2 is 2.22 bits per heavy atom. The fourth-order valence-electron chi connectivity index (χ4n) is 2.21. The van der Waals surface area contributed by atoms with Crippen LogP contribution in [0, 0.1) is 5.41 Å². The average Bonchev–Trinajstić information content (AvgIpc) is 3.15. The Labute approximate surface area is 108 Å². The normalized spacial score (nSPS) is 16.6. The van der Waals surface area contributed by atoms with E-state index in [1.807, 2.05) is 0 Å². The molecular weight excluding hydrogens is 228 g/mol. The Hall–Kier alpha value is -1.36. The molecule has 100 valence electrons. The molecule has 1 aromatic rings. The van der Waals surface area contributed by atoms with Gasteiger partial charge in [0, 0.05) is 25.8 Å². The second kappa shape index (κ2) is 5.52. The van der Waals surface area contributed by atoms with E-state index in [-0.39, 0.29) is 0 Å². The van der Waals surface area contributed by atoms with Crippen molar-refractivity contribution in [1.29, 1.82) is 0 Å². The third-order valence-electron chi connectivity index (χ3n) is 3.76. The molecule has 0 radical (unpaired) electrons. The van der Waals surface area contributed by atoms with Crippen LogP contribution in [0.15, 0.2) is 6.33 Å². The maximum Gasteiger partial charge on any atom is 0.134 e. The number of ether oxygens (including phenoxy) is 1. The molecule has 1 aromatic heterocycles. The number of aromatic nitrogens is 2. The van der Waals surface area contributed by atoms with Crippen molar-refractivity contribution in [2.75, 3.05) is 31.3 Å². The number of methoxy groups -OCH3 is 1. The minimum atomic E-state index is 0.404. The van der Waals surface area contributed by atoms with Gasteiger partial charge in [0.25, 0.3) is 0 Å². The molecule has 18 heavy (non-hydrogen) atoms. The van der Waals surface area contributed by atoms with Gasteiger partial charge >= 0.3 is 0 Å². The fourth-order valence-corrected chi connectivity index (χ4v) is 2.21. The summed E-state index contributed by atoms with van der Waals surface area (Å²) >= 11 is 0. The molecule has 5 nitrogen and oxygen atoms in total. The van der Waals surface area contributed by atoms with Crippen molar-refractivity contribution in [3.8, 4) is 0 Å². The van der Waals surface area contributed by atoms with Crippen molar-refractivity contribution >= 4 is 11.6 Å². The number of hydrogen-bond acceptors (Lipinski definition) is 5. The second-order valence-electron chi connectivity index (χ2n) is 5.04. The Morgan fingerprint density at radius 1 is 1.44 bits per heavy atom. The molecule has 0 amide bonds. The molecule has 0 aliphatic heterocycles. The van der Waals surface area contributed by atoms with E-state index in [2.05, 4.69) is 22.2 Å². The number of anilines is 2. The molecule has 2 rings (SSSR count). The van der Waals surface area contributed by atoms with Gasteiger partial charge in [-0.05, 0) is 31.1 Å². The highest BCUT2D eigenvalue weighted by molar-refractivity contribution is 5.55. The van der Waals surface area contributed by atoms with Gasteiger partial charge in [0.05, 0.1) is 0 Å². The lowest BCUT2D eigenvalue weighted by molar-refractivity contribution is 0.175. The first-order chi connectivity index (χ1) is 8.71. The van der Waals surface area contributed by atoms with Gasteiger partial charge in [0.15, 0.2) is 0 Å². The van der Waals surface area contributed by atoms with Crippen LogP contribution in [0.4, 0.5) is 11.6 Å². The topological polar surface area (TPSA) is 73.1 Å². The number of nitrogens with one attached hydrogen (secondary N) is 1. The largest absolute Gasteiger partial charge is 0.385 e. The Bertz CT molecular complexity index is 404. The van der Waals surface area contributed by atoms with Crippen LogP contribution >= 0.6 is 0 Å². The van der Waals surface area contributed by atoms with Crippen LogP contribution < -0.4 is 11.1 Å². The molecule has 1 aliphatic carbocycles.